The zero-order chi connectivity index (χ0) is 22.7. The molecular formula is C24H26N4O3S. The monoisotopic (exact) mass is 450 g/mol. The Morgan fingerprint density at radius 1 is 1.16 bits per heavy atom. The van der Waals surface area contributed by atoms with Crippen LogP contribution in [0.25, 0.3) is 0 Å². The van der Waals surface area contributed by atoms with E-state index in [0.717, 1.165) is 42.1 Å². The number of hydrogen-bond donors (Lipinski definition) is 2. The van der Waals surface area contributed by atoms with Crippen molar-refractivity contribution in [3.05, 3.63) is 75.3 Å². The number of aromatic nitrogens is 1. The van der Waals surface area contributed by atoms with E-state index in [0.29, 0.717) is 22.8 Å². The van der Waals surface area contributed by atoms with Crippen LogP contribution < -0.4 is 15.4 Å². The number of ether oxygens (including phenoxy) is 1. The molecule has 0 bridgehead atoms. The van der Waals surface area contributed by atoms with Gasteiger partial charge in [0.1, 0.15) is 5.75 Å². The Kier molecular flexibility index (Phi) is 6.53. The maximum atomic E-state index is 12.7. The molecule has 166 valence electrons. The highest BCUT2D eigenvalue weighted by Gasteiger charge is 2.19. The standard InChI is InChI=1S/C24H26N4O3S/c1-15-11-18(7-8-20(15)31-3)22(29)25-13-16-5-4-6-17(12-16)23(30)27-24-26-19-9-10-28(2)14-21(19)32-24/h4-8,11-12H,9-10,13-14H2,1-3H3,(H,25,29)(H,26,27,30). The number of nitrogens with one attached hydrogen (secondary N) is 2. The van der Waals surface area contributed by atoms with Gasteiger partial charge in [0.25, 0.3) is 11.8 Å². The summed E-state index contributed by atoms with van der Waals surface area (Å²) in [6.45, 7) is 4.07. The molecule has 1 aromatic heterocycles. The van der Waals surface area contributed by atoms with E-state index in [1.807, 2.05) is 19.1 Å². The summed E-state index contributed by atoms with van der Waals surface area (Å²) in [6.07, 6.45) is 0.904. The number of hydrogen-bond acceptors (Lipinski definition) is 6. The van der Waals surface area contributed by atoms with Crippen LogP contribution in [0.15, 0.2) is 42.5 Å². The van der Waals surface area contributed by atoms with Gasteiger partial charge in [-0.25, -0.2) is 4.98 Å². The Morgan fingerprint density at radius 3 is 2.75 bits per heavy atom. The molecule has 0 atom stereocenters. The molecule has 4 rings (SSSR count). The van der Waals surface area contributed by atoms with Crippen LogP contribution in [0.2, 0.25) is 0 Å². The summed E-state index contributed by atoms with van der Waals surface area (Å²) >= 11 is 1.53. The maximum Gasteiger partial charge on any atom is 0.257 e. The molecule has 3 aromatic rings. The first-order valence-corrected chi connectivity index (χ1v) is 11.2. The number of thiazole rings is 1. The first-order valence-electron chi connectivity index (χ1n) is 10.4. The van der Waals surface area contributed by atoms with Crippen molar-refractivity contribution in [1.29, 1.82) is 0 Å². The van der Waals surface area contributed by atoms with Gasteiger partial charge >= 0.3 is 0 Å². The van der Waals surface area contributed by atoms with Gasteiger partial charge in [-0.05, 0) is 55.4 Å². The summed E-state index contributed by atoms with van der Waals surface area (Å²) < 4.78 is 5.24. The number of anilines is 1. The molecule has 7 nitrogen and oxygen atoms in total. The first kappa shape index (κ1) is 22.0. The molecule has 0 unspecified atom stereocenters. The third kappa shape index (κ3) is 4.98. The lowest BCUT2D eigenvalue weighted by Crippen LogP contribution is -2.25. The number of likely N-dealkylation sites (N-methyl/N-ethyl adjacent to an activating group) is 1. The molecule has 0 saturated carbocycles. The number of methoxy groups -OCH3 is 1. The SMILES string of the molecule is COc1ccc(C(=O)NCc2cccc(C(=O)Nc3nc4c(s3)CN(C)CC4)c2)cc1C. The molecule has 1 aliphatic heterocycles. The smallest absolute Gasteiger partial charge is 0.257 e. The molecule has 2 heterocycles. The molecule has 0 fully saturated rings. The number of carbonyl (C=O) groups is 2. The van der Waals surface area contributed by atoms with Gasteiger partial charge in [-0.2, -0.15) is 0 Å². The van der Waals surface area contributed by atoms with E-state index in [1.165, 1.54) is 16.2 Å². The van der Waals surface area contributed by atoms with E-state index in [4.69, 9.17) is 4.74 Å². The Balaban J connectivity index is 1.38. The van der Waals surface area contributed by atoms with Gasteiger partial charge < -0.3 is 15.0 Å². The van der Waals surface area contributed by atoms with Crippen LogP contribution in [0.4, 0.5) is 5.13 Å². The third-order valence-corrected chi connectivity index (χ3v) is 6.44. The normalized spacial score (nSPS) is 13.3. The fraction of sp³-hybridized carbons (Fsp3) is 0.292. The molecule has 2 N–H and O–H groups in total. The van der Waals surface area contributed by atoms with E-state index < -0.39 is 0 Å². The van der Waals surface area contributed by atoms with Crippen molar-refractivity contribution in [2.75, 3.05) is 26.0 Å². The molecule has 0 spiro atoms. The lowest BCUT2D eigenvalue weighted by molar-refractivity contribution is 0.0950. The molecule has 0 aliphatic carbocycles. The van der Waals surface area contributed by atoms with Gasteiger partial charge in [0.15, 0.2) is 5.13 Å². The number of fused-ring (bicyclic) bond motifs is 1. The van der Waals surface area contributed by atoms with Crippen molar-refractivity contribution in [2.24, 2.45) is 0 Å². The highest BCUT2D eigenvalue weighted by molar-refractivity contribution is 7.15. The van der Waals surface area contributed by atoms with Gasteiger partial charge in [-0.3, -0.25) is 14.9 Å². The topological polar surface area (TPSA) is 83.6 Å². The van der Waals surface area contributed by atoms with Gasteiger partial charge in [0.05, 0.1) is 12.8 Å². The molecule has 2 amide bonds. The highest BCUT2D eigenvalue weighted by Crippen LogP contribution is 2.28. The minimum absolute atomic E-state index is 0.177. The van der Waals surface area contributed by atoms with Crippen LogP contribution in [-0.2, 0) is 19.5 Å². The molecule has 32 heavy (non-hydrogen) atoms. The maximum absolute atomic E-state index is 12.7. The van der Waals surface area contributed by atoms with Gasteiger partial charge in [-0.1, -0.05) is 12.1 Å². The number of amides is 2. The van der Waals surface area contributed by atoms with E-state index in [1.54, 1.807) is 37.4 Å². The van der Waals surface area contributed by atoms with Crippen LogP contribution in [0.5, 0.6) is 5.75 Å². The average Bonchev–Trinajstić information content (AvgIpc) is 3.18. The second-order valence-electron chi connectivity index (χ2n) is 7.90. The largest absolute Gasteiger partial charge is 0.496 e. The molecule has 2 aromatic carbocycles. The number of aryl methyl sites for hydroxylation is 1. The minimum Gasteiger partial charge on any atom is -0.496 e. The second kappa shape index (κ2) is 9.50. The van der Waals surface area contributed by atoms with E-state index in [2.05, 4.69) is 27.6 Å². The van der Waals surface area contributed by atoms with Crippen LogP contribution in [0.1, 0.15) is 42.4 Å². The zero-order valence-corrected chi connectivity index (χ0v) is 19.2. The lowest BCUT2D eigenvalue weighted by atomic mass is 10.1. The summed E-state index contributed by atoms with van der Waals surface area (Å²) in [6, 6.07) is 12.6. The van der Waals surface area contributed by atoms with Gasteiger partial charge in [-0.15, -0.1) is 11.3 Å². The molecule has 8 heteroatoms. The van der Waals surface area contributed by atoms with Crippen molar-refractivity contribution in [2.45, 2.75) is 26.4 Å². The Morgan fingerprint density at radius 2 is 1.97 bits per heavy atom. The van der Waals surface area contributed by atoms with E-state index in [9.17, 15) is 9.59 Å². The van der Waals surface area contributed by atoms with Crippen molar-refractivity contribution in [3.63, 3.8) is 0 Å². The van der Waals surface area contributed by atoms with Crippen molar-refractivity contribution in [1.82, 2.24) is 15.2 Å². The van der Waals surface area contributed by atoms with Gasteiger partial charge in [0.2, 0.25) is 0 Å². The Bertz CT molecular complexity index is 1160. The fourth-order valence-electron chi connectivity index (χ4n) is 3.67. The summed E-state index contributed by atoms with van der Waals surface area (Å²) in [7, 11) is 3.69. The van der Waals surface area contributed by atoms with Crippen molar-refractivity contribution in [3.8, 4) is 5.75 Å². The predicted octanol–water partition coefficient (Wildman–Crippen LogP) is 3.63. The number of rotatable bonds is 6. The Labute approximate surface area is 191 Å². The van der Waals surface area contributed by atoms with Crippen molar-refractivity contribution < 1.29 is 14.3 Å². The minimum atomic E-state index is -0.205. The van der Waals surface area contributed by atoms with Crippen LogP contribution in [0, 0.1) is 6.92 Å². The summed E-state index contributed by atoms with van der Waals surface area (Å²) in [5.74, 6) is 0.362. The second-order valence-corrected chi connectivity index (χ2v) is 8.98. The van der Waals surface area contributed by atoms with Crippen LogP contribution >= 0.6 is 11.3 Å². The van der Waals surface area contributed by atoms with E-state index >= 15 is 0 Å². The summed E-state index contributed by atoms with van der Waals surface area (Å²) in [5, 5.41) is 6.45. The summed E-state index contributed by atoms with van der Waals surface area (Å²) in [5.41, 5.74) is 3.91. The molecule has 1 aliphatic rings. The molecular weight excluding hydrogens is 424 g/mol. The van der Waals surface area contributed by atoms with Crippen LogP contribution in [0.3, 0.4) is 0 Å². The first-order chi connectivity index (χ1) is 15.4. The fourth-order valence-corrected chi connectivity index (χ4v) is 4.76. The van der Waals surface area contributed by atoms with Crippen LogP contribution in [-0.4, -0.2) is 42.4 Å². The highest BCUT2D eigenvalue weighted by atomic mass is 32.1. The quantitative estimate of drug-likeness (QED) is 0.599. The predicted molar refractivity (Wildman–Crippen MR) is 125 cm³/mol. The third-order valence-electron chi connectivity index (χ3n) is 5.44. The number of benzene rings is 2. The average molecular weight is 451 g/mol. The zero-order valence-electron chi connectivity index (χ0n) is 18.4. The Hall–Kier alpha value is -3.23. The molecule has 0 saturated heterocycles. The molecule has 0 radical (unpaired) electrons. The summed E-state index contributed by atoms with van der Waals surface area (Å²) in [4.78, 5) is 33.3. The van der Waals surface area contributed by atoms with Gasteiger partial charge in [0, 0.05) is 42.1 Å². The van der Waals surface area contributed by atoms with E-state index in [-0.39, 0.29) is 11.8 Å². The number of nitrogens with zero attached hydrogens (tertiary/aromatic N) is 2. The number of carbonyl (C=O) groups excluding carboxylic acids is 2. The lowest BCUT2D eigenvalue weighted by Gasteiger charge is -2.20. The van der Waals surface area contributed by atoms with Crippen molar-refractivity contribution >= 4 is 28.3 Å².